The van der Waals surface area contributed by atoms with Gasteiger partial charge in [-0.1, -0.05) is 76.6 Å². The number of halogens is 1. The van der Waals surface area contributed by atoms with Crippen molar-refractivity contribution in [1.29, 1.82) is 0 Å². The minimum absolute atomic E-state index is 0.0655. The lowest BCUT2D eigenvalue weighted by Gasteiger charge is -2.31. The van der Waals surface area contributed by atoms with Crippen LogP contribution < -0.4 is 0 Å². The average Bonchev–Trinajstić information content (AvgIpc) is 2.70. The van der Waals surface area contributed by atoms with Gasteiger partial charge >= 0.3 is 0 Å². The van der Waals surface area contributed by atoms with Crippen molar-refractivity contribution in [3.05, 3.63) is 106 Å². The number of rotatable bonds is 6. The number of hydrogen-bond donors (Lipinski definition) is 0. The molecule has 4 heteroatoms. The molecule has 0 N–H and O–H groups in total. The highest BCUT2D eigenvalue weighted by Crippen LogP contribution is 2.27. The molecule has 1 unspecified atom stereocenters. The van der Waals surface area contributed by atoms with Crippen molar-refractivity contribution in [1.82, 2.24) is 4.90 Å². The van der Waals surface area contributed by atoms with Crippen LogP contribution in [0.4, 0.5) is 0 Å². The van der Waals surface area contributed by atoms with Gasteiger partial charge in [-0.05, 0) is 29.8 Å². The molecule has 0 radical (unpaired) electrons. The van der Waals surface area contributed by atoms with E-state index in [1.54, 1.807) is 12.0 Å². The summed E-state index contributed by atoms with van der Waals surface area (Å²) in [6, 6.07) is 27.1. The second-order valence-electron chi connectivity index (χ2n) is 5.92. The van der Waals surface area contributed by atoms with Crippen molar-refractivity contribution >= 4 is 21.8 Å². The van der Waals surface area contributed by atoms with E-state index in [0.717, 1.165) is 15.6 Å². The maximum atomic E-state index is 13.2. The SMILES string of the molecule is COC(c1ccc(Br)cc1)N(Cc1ccccc1)C(=O)c1ccccc1. The largest absolute Gasteiger partial charge is 0.357 e. The fourth-order valence-electron chi connectivity index (χ4n) is 2.86. The van der Waals surface area contributed by atoms with Crippen LogP contribution in [0.1, 0.15) is 27.7 Å². The van der Waals surface area contributed by atoms with E-state index in [2.05, 4.69) is 15.9 Å². The van der Waals surface area contributed by atoms with Crippen molar-refractivity contribution in [3.63, 3.8) is 0 Å². The highest BCUT2D eigenvalue weighted by molar-refractivity contribution is 9.10. The fraction of sp³-hybridized carbons (Fsp3) is 0.136. The summed E-state index contributed by atoms with van der Waals surface area (Å²) in [7, 11) is 1.63. The first-order valence-corrected chi connectivity index (χ1v) is 9.16. The van der Waals surface area contributed by atoms with Gasteiger partial charge in [0.05, 0.1) is 0 Å². The number of hydrogen-bond acceptors (Lipinski definition) is 2. The van der Waals surface area contributed by atoms with Crippen molar-refractivity contribution in [2.45, 2.75) is 12.8 Å². The Labute approximate surface area is 162 Å². The van der Waals surface area contributed by atoms with E-state index in [-0.39, 0.29) is 5.91 Å². The van der Waals surface area contributed by atoms with Crippen LogP contribution in [0.15, 0.2) is 89.4 Å². The molecule has 1 atom stereocenters. The van der Waals surface area contributed by atoms with E-state index >= 15 is 0 Å². The first-order valence-electron chi connectivity index (χ1n) is 8.37. The molecule has 132 valence electrons. The molecular weight excluding hydrogens is 390 g/mol. The first kappa shape index (κ1) is 18.4. The number of benzene rings is 3. The molecule has 3 aromatic rings. The zero-order valence-electron chi connectivity index (χ0n) is 14.5. The predicted octanol–water partition coefficient (Wildman–Crippen LogP) is 5.44. The van der Waals surface area contributed by atoms with Crippen LogP contribution in [0.2, 0.25) is 0 Å². The summed E-state index contributed by atoms with van der Waals surface area (Å²) in [6.07, 6.45) is -0.476. The van der Waals surface area contributed by atoms with Gasteiger partial charge in [0.15, 0.2) is 6.23 Å². The molecule has 3 nitrogen and oxygen atoms in total. The molecule has 0 bridgehead atoms. The van der Waals surface area contributed by atoms with Gasteiger partial charge in [0.2, 0.25) is 0 Å². The minimum atomic E-state index is -0.476. The van der Waals surface area contributed by atoms with Crippen molar-refractivity contribution in [3.8, 4) is 0 Å². The summed E-state index contributed by atoms with van der Waals surface area (Å²) in [5.74, 6) is -0.0655. The summed E-state index contributed by atoms with van der Waals surface area (Å²) >= 11 is 3.45. The van der Waals surface area contributed by atoms with E-state index < -0.39 is 6.23 Å². The lowest BCUT2D eigenvalue weighted by molar-refractivity contribution is -0.0266. The van der Waals surface area contributed by atoms with E-state index in [4.69, 9.17) is 4.74 Å². The Kier molecular flexibility index (Phi) is 6.21. The molecule has 0 saturated carbocycles. The first-order chi connectivity index (χ1) is 12.7. The zero-order chi connectivity index (χ0) is 18.4. The second kappa shape index (κ2) is 8.79. The van der Waals surface area contributed by atoms with Gasteiger partial charge in [0.1, 0.15) is 0 Å². The topological polar surface area (TPSA) is 29.5 Å². The average molecular weight is 410 g/mol. The van der Waals surface area contributed by atoms with Gasteiger partial charge in [0, 0.05) is 29.3 Å². The molecule has 0 heterocycles. The number of carbonyl (C=O) groups excluding carboxylic acids is 1. The highest BCUT2D eigenvalue weighted by Gasteiger charge is 2.26. The van der Waals surface area contributed by atoms with Gasteiger partial charge in [-0.25, -0.2) is 0 Å². The van der Waals surface area contributed by atoms with Crippen LogP contribution in [-0.4, -0.2) is 17.9 Å². The molecule has 0 aliphatic carbocycles. The van der Waals surface area contributed by atoms with Crippen molar-refractivity contribution in [2.24, 2.45) is 0 Å². The van der Waals surface area contributed by atoms with Crippen LogP contribution in [0, 0.1) is 0 Å². The lowest BCUT2D eigenvalue weighted by Crippen LogP contribution is -2.35. The Morgan fingerprint density at radius 1 is 0.923 bits per heavy atom. The third-order valence-electron chi connectivity index (χ3n) is 4.14. The third kappa shape index (κ3) is 4.40. The third-order valence-corrected chi connectivity index (χ3v) is 4.67. The van der Waals surface area contributed by atoms with Crippen LogP contribution in [0.25, 0.3) is 0 Å². The van der Waals surface area contributed by atoms with Crippen molar-refractivity contribution < 1.29 is 9.53 Å². The van der Waals surface area contributed by atoms with Gasteiger partial charge in [-0.2, -0.15) is 0 Å². The van der Waals surface area contributed by atoms with Gasteiger partial charge in [0.25, 0.3) is 5.91 Å². The molecule has 0 spiro atoms. The number of nitrogens with zero attached hydrogens (tertiary/aromatic N) is 1. The zero-order valence-corrected chi connectivity index (χ0v) is 16.1. The van der Waals surface area contributed by atoms with Gasteiger partial charge in [-0.15, -0.1) is 0 Å². The summed E-state index contributed by atoms with van der Waals surface area (Å²) in [5.41, 5.74) is 2.62. The Balaban J connectivity index is 1.97. The summed E-state index contributed by atoms with van der Waals surface area (Å²) in [6.45, 7) is 0.461. The second-order valence-corrected chi connectivity index (χ2v) is 6.84. The molecule has 3 aromatic carbocycles. The van der Waals surface area contributed by atoms with Gasteiger partial charge < -0.3 is 9.64 Å². The summed E-state index contributed by atoms with van der Waals surface area (Å²) < 4.78 is 6.73. The summed E-state index contributed by atoms with van der Waals surface area (Å²) in [4.78, 5) is 15.0. The monoisotopic (exact) mass is 409 g/mol. The van der Waals surface area contributed by atoms with E-state index in [9.17, 15) is 4.79 Å². The Morgan fingerprint density at radius 3 is 2.08 bits per heavy atom. The number of carbonyl (C=O) groups is 1. The molecule has 0 aliphatic rings. The molecule has 0 aliphatic heterocycles. The molecular formula is C22H20BrNO2. The molecule has 26 heavy (non-hydrogen) atoms. The van der Waals surface area contributed by atoms with Crippen LogP contribution in [0.3, 0.4) is 0 Å². The number of methoxy groups -OCH3 is 1. The maximum Gasteiger partial charge on any atom is 0.256 e. The smallest absolute Gasteiger partial charge is 0.256 e. The lowest BCUT2D eigenvalue weighted by atomic mass is 10.1. The predicted molar refractivity (Wildman–Crippen MR) is 107 cm³/mol. The molecule has 0 fully saturated rings. The van der Waals surface area contributed by atoms with Crippen molar-refractivity contribution in [2.75, 3.05) is 7.11 Å². The van der Waals surface area contributed by atoms with Gasteiger partial charge in [-0.3, -0.25) is 4.79 Å². The Morgan fingerprint density at radius 2 is 1.50 bits per heavy atom. The molecule has 0 aromatic heterocycles. The van der Waals surface area contributed by atoms with Crippen LogP contribution in [0.5, 0.6) is 0 Å². The molecule has 1 amide bonds. The normalized spacial score (nSPS) is 11.8. The van der Waals surface area contributed by atoms with E-state index in [0.29, 0.717) is 12.1 Å². The fourth-order valence-corrected chi connectivity index (χ4v) is 3.12. The quantitative estimate of drug-likeness (QED) is 0.507. The van der Waals surface area contributed by atoms with Crippen LogP contribution in [-0.2, 0) is 11.3 Å². The Hall–Kier alpha value is -2.43. The Bertz CT molecular complexity index is 835. The number of ether oxygens (including phenoxy) is 1. The number of amides is 1. The standard InChI is InChI=1S/C22H20BrNO2/c1-26-22(19-12-14-20(23)15-13-19)24(16-17-8-4-2-5-9-17)21(25)18-10-6-3-7-11-18/h2-15,22H,16H2,1H3. The summed E-state index contributed by atoms with van der Waals surface area (Å²) in [5, 5.41) is 0. The maximum absolute atomic E-state index is 13.2. The van der Waals surface area contributed by atoms with E-state index in [1.165, 1.54) is 0 Å². The molecule has 3 rings (SSSR count). The minimum Gasteiger partial charge on any atom is -0.357 e. The molecule has 0 saturated heterocycles. The van der Waals surface area contributed by atoms with E-state index in [1.807, 2.05) is 84.9 Å². The van der Waals surface area contributed by atoms with Crippen LogP contribution >= 0.6 is 15.9 Å². The highest BCUT2D eigenvalue weighted by atomic mass is 79.9.